The Bertz CT molecular complexity index is 221. The average molecular weight is 193 g/mol. The lowest BCUT2D eigenvalue weighted by Gasteiger charge is -2.00. The first-order valence-electron chi connectivity index (χ1n) is 3.72. The zero-order chi connectivity index (χ0) is 9.45. The Labute approximate surface area is 73.7 Å². The van der Waals surface area contributed by atoms with Gasteiger partial charge >= 0.3 is 0 Å². The van der Waals surface area contributed by atoms with Crippen LogP contribution in [-0.4, -0.2) is 34.4 Å². The number of nitrogens with one attached hydrogen (secondary N) is 1. The molecule has 72 valence electrons. The van der Waals surface area contributed by atoms with E-state index in [-0.39, 0.29) is 6.61 Å². The summed E-state index contributed by atoms with van der Waals surface area (Å²) in [6.45, 7) is 3.39. The molecule has 0 aliphatic carbocycles. The van der Waals surface area contributed by atoms with Gasteiger partial charge < -0.3 is 5.32 Å². The Morgan fingerprint density at radius 3 is 2.67 bits per heavy atom. The van der Waals surface area contributed by atoms with E-state index in [9.17, 15) is 8.42 Å². The summed E-state index contributed by atoms with van der Waals surface area (Å²) in [6, 6.07) is 0. The van der Waals surface area contributed by atoms with E-state index in [2.05, 4.69) is 9.50 Å². The molecule has 0 radical (unpaired) electrons. The topological polar surface area (TPSA) is 55.4 Å². The summed E-state index contributed by atoms with van der Waals surface area (Å²) in [6.07, 6.45) is 4.91. The van der Waals surface area contributed by atoms with Crippen molar-refractivity contribution in [3.63, 3.8) is 0 Å². The van der Waals surface area contributed by atoms with E-state index < -0.39 is 10.1 Å². The van der Waals surface area contributed by atoms with Crippen LogP contribution in [0.5, 0.6) is 0 Å². The molecule has 0 bridgehead atoms. The van der Waals surface area contributed by atoms with Crippen molar-refractivity contribution >= 4 is 10.1 Å². The summed E-state index contributed by atoms with van der Waals surface area (Å²) in [5.74, 6) is 0. The molecule has 4 nitrogen and oxygen atoms in total. The summed E-state index contributed by atoms with van der Waals surface area (Å²) in [5, 5.41) is 2.98. The van der Waals surface area contributed by atoms with Gasteiger partial charge in [-0.05, 0) is 6.92 Å². The third-order valence-electron chi connectivity index (χ3n) is 1.07. The predicted octanol–water partition coefficient (Wildman–Crippen LogP) is 0.128. The van der Waals surface area contributed by atoms with Crippen LogP contribution in [0.1, 0.15) is 6.92 Å². The van der Waals surface area contributed by atoms with Crippen LogP contribution in [-0.2, 0) is 14.3 Å². The first-order chi connectivity index (χ1) is 5.56. The maximum Gasteiger partial charge on any atom is 0.264 e. The molecule has 0 heterocycles. The van der Waals surface area contributed by atoms with Gasteiger partial charge in [0.1, 0.15) is 0 Å². The highest BCUT2D eigenvalue weighted by Crippen LogP contribution is 1.83. The van der Waals surface area contributed by atoms with Gasteiger partial charge in [0.15, 0.2) is 0 Å². The highest BCUT2D eigenvalue weighted by molar-refractivity contribution is 7.85. The van der Waals surface area contributed by atoms with Gasteiger partial charge in [0.05, 0.1) is 12.9 Å². The molecule has 0 aliphatic rings. The minimum atomic E-state index is -3.27. The second-order valence-electron chi connectivity index (χ2n) is 2.30. The largest absolute Gasteiger partial charge is 0.311 e. The highest BCUT2D eigenvalue weighted by atomic mass is 32.2. The minimum absolute atomic E-state index is 0.191. The molecule has 5 heteroatoms. The molecule has 0 aromatic carbocycles. The van der Waals surface area contributed by atoms with Crippen molar-refractivity contribution in [2.24, 2.45) is 0 Å². The normalized spacial score (nSPS) is 12.5. The molecule has 0 aromatic heterocycles. The molecule has 0 unspecified atom stereocenters. The quantitative estimate of drug-likeness (QED) is 0.370. The zero-order valence-corrected chi connectivity index (χ0v) is 8.23. The van der Waals surface area contributed by atoms with E-state index in [1.165, 1.54) is 0 Å². The van der Waals surface area contributed by atoms with E-state index >= 15 is 0 Å². The summed E-state index contributed by atoms with van der Waals surface area (Å²) < 4.78 is 25.4. The fourth-order valence-electron chi connectivity index (χ4n) is 0.568. The fourth-order valence-corrected chi connectivity index (χ4v) is 0.955. The van der Waals surface area contributed by atoms with Gasteiger partial charge in [-0.3, -0.25) is 4.18 Å². The number of hydrogen-bond acceptors (Lipinski definition) is 4. The van der Waals surface area contributed by atoms with Crippen molar-refractivity contribution in [1.29, 1.82) is 0 Å². The summed E-state index contributed by atoms with van der Waals surface area (Å²) in [7, 11) is -3.27. The molecule has 1 N–H and O–H groups in total. The first-order valence-corrected chi connectivity index (χ1v) is 5.54. The molecule has 0 fully saturated rings. The SMILES string of the molecule is C/C=C\CNCCOS(C)(=O)=O. The summed E-state index contributed by atoms with van der Waals surface area (Å²) in [4.78, 5) is 0. The van der Waals surface area contributed by atoms with Crippen LogP contribution in [0.15, 0.2) is 12.2 Å². The van der Waals surface area contributed by atoms with Crippen molar-refractivity contribution < 1.29 is 12.6 Å². The Kier molecular flexibility index (Phi) is 5.96. The molecule has 12 heavy (non-hydrogen) atoms. The van der Waals surface area contributed by atoms with Crippen LogP contribution in [0.4, 0.5) is 0 Å². The standard InChI is InChI=1S/C7H15NO3S/c1-3-4-5-8-6-7-11-12(2,9)10/h3-4,8H,5-7H2,1-2H3/b4-3-. The van der Waals surface area contributed by atoms with Crippen LogP contribution >= 0.6 is 0 Å². The van der Waals surface area contributed by atoms with Gasteiger partial charge in [0.25, 0.3) is 10.1 Å². The van der Waals surface area contributed by atoms with E-state index in [1.807, 2.05) is 19.1 Å². The van der Waals surface area contributed by atoms with Gasteiger partial charge in [-0.15, -0.1) is 0 Å². The molecule has 0 saturated carbocycles. The zero-order valence-electron chi connectivity index (χ0n) is 7.41. The molecule has 0 aromatic rings. The van der Waals surface area contributed by atoms with E-state index in [1.54, 1.807) is 0 Å². The average Bonchev–Trinajstić information content (AvgIpc) is 1.94. The summed E-state index contributed by atoms with van der Waals surface area (Å²) in [5.41, 5.74) is 0. The van der Waals surface area contributed by atoms with Crippen molar-refractivity contribution in [3.8, 4) is 0 Å². The monoisotopic (exact) mass is 193 g/mol. The second-order valence-corrected chi connectivity index (χ2v) is 3.94. The van der Waals surface area contributed by atoms with E-state index in [4.69, 9.17) is 0 Å². The molecule has 0 rings (SSSR count). The van der Waals surface area contributed by atoms with Gasteiger partial charge in [-0.1, -0.05) is 12.2 Å². The fraction of sp³-hybridized carbons (Fsp3) is 0.714. The van der Waals surface area contributed by atoms with Gasteiger partial charge in [-0.2, -0.15) is 8.42 Å². The number of allylic oxidation sites excluding steroid dienone is 1. The molecule has 0 aliphatic heterocycles. The Balaban J connectivity index is 3.23. The molecule has 0 atom stereocenters. The Morgan fingerprint density at radius 1 is 1.50 bits per heavy atom. The van der Waals surface area contributed by atoms with Crippen molar-refractivity contribution in [2.75, 3.05) is 26.0 Å². The lowest BCUT2D eigenvalue weighted by atomic mass is 10.5. The maximum absolute atomic E-state index is 10.5. The van der Waals surface area contributed by atoms with Crippen LogP contribution in [0.3, 0.4) is 0 Å². The van der Waals surface area contributed by atoms with Crippen molar-refractivity contribution in [2.45, 2.75) is 6.92 Å². The van der Waals surface area contributed by atoms with Crippen LogP contribution < -0.4 is 5.32 Å². The predicted molar refractivity (Wildman–Crippen MR) is 48.5 cm³/mol. The number of hydrogen-bond donors (Lipinski definition) is 1. The third kappa shape index (κ3) is 9.61. The van der Waals surface area contributed by atoms with Gasteiger partial charge in [-0.25, -0.2) is 0 Å². The second kappa shape index (κ2) is 6.16. The Hall–Kier alpha value is -0.390. The van der Waals surface area contributed by atoms with Crippen LogP contribution in [0.2, 0.25) is 0 Å². The van der Waals surface area contributed by atoms with Gasteiger partial charge in [0, 0.05) is 13.1 Å². The lowest BCUT2D eigenvalue weighted by Crippen LogP contribution is -2.21. The molecule has 0 amide bonds. The van der Waals surface area contributed by atoms with Crippen molar-refractivity contribution in [3.05, 3.63) is 12.2 Å². The lowest BCUT2D eigenvalue weighted by molar-refractivity contribution is 0.320. The first kappa shape index (κ1) is 11.6. The minimum Gasteiger partial charge on any atom is -0.311 e. The van der Waals surface area contributed by atoms with Gasteiger partial charge in [0.2, 0.25) is 0 Å². The van der Waals surface area contributed by atoms with Crippen LogP contribution in [0, 0.1) is 0 Å². The highest BCUT2D eigenvalue weighted by Gasteiger charge is 1.98. The molecule has 0 spiro atoms. The Morgan fingerprint density at radius 2 is 2.17 bits per heavy atom. The van der Waals surface area contributed by atoms with E-state index in [0.29, 0.717) is 6.54 Å². The summed E-state index contributed by atoms with van der Waals surface area (Å²) >= 11 is 0. The smallest absolute Gasteiger partial charge is 0.264 e. The molecular formula is C7H15NO3S. The molecular weight excluding hydrogens is 178 g/mol. The third-order valence-corrected chi connectivity index (χ3v) is 1.67. The van der Waals surface area contributed by atoms with Crippen LogP contribution in [0.25, 0.3) is 0 Å². The molecule has 0 saturated heterocycles. The number of rotatable bonds is 6. The van der Waals surface area contributed by atoms with Crippen molar-refractivity contribution in [1.82, 2.24) is 5.32 Å². The van der Waals surface area contributed by atoms with E-state index in [0.717, 1.165) is 12.8 Å². The maximum atomic E-state index is 10.5.